The first-order valence-electron chi connectivity index (χ1n) is 14.7. The van der Waals surface area contributed by atoms with Crippen molar-refractivity contribution in [3.63, 3.8) is 0 Å². The largest absolute Gasteiger partial charge is 0.444 e. The smallest absolute Gasteiger partial charge is 0.410 e. The standard InChI is InChI=1S/C31H38F2N8O2/c1-19-12-25-26(14-24(19)22-16-35-41(17-22)18-23-15-31(23,32)33)37-28(36-25)38-27-13-21(6-7-34-27)20(2)39-8-10-40(11-9-39)29(42)43-30(3,4)5/h6-7,12-14,16-17,20,23H,8-11,15,18H2,1-5H3,(H2,34,36,37,38). The predicted octanol–water partition coefficient (Wildman–Crippen LogP) is 6.14. The minimum Gasteiger partial charge on any atom is -0.444 e. The van der Waals surface area contributed by atoms with Crippen molar-refractivity contribution < 1.29 is 18.3 Å². The molecule has 10 nitrogen and oxygen atoms in total. The number of aromatic amines is 1. The minimum atomic E-state index is -2.56. The number of H-pyrrole nitrogens is 1. The molecule has 2 atom stereocenters. The zero-order chi connectivity index (χ0) is 30.5. The Balaban J connectivity index is 1.11. The summed E-state index contributed by atoms with van der Waals surface area (Å²) in [6, 6.07) is 8.18. The number of hydrogen-bond acceptors (Lipinski definition) is 7. The van der Waals surface area contributed by atoms with Crippen LogP contribution in [0.25, 0.3) is 22.2 Å². The Labute approximate surface area is 249 Å². The van der Waals surface area contributed by atoms with Crippen molar-refractivity contribution in [2.45, 2.75) is 65.1 Å². The zero-order valence-corrected chi connectivity index (χ0v) is 25.2. The lowest BCUT2D eigenvalue weighted by molar-refractivity contribution is 0.0110. The van der Waals surface area contributed by atoms with Crippen molar-refractivity contribution in [3.05, 3.63) is 54.0 Å². The van der Waals surface area contributed by atoms with Gasteiger partial charge >= 0.3 is 6.09 Å². The van der Waals surface area contributed by atoms with Crippen LogP contribution in [0, 0.1) is 12.8 Å². The SMILES string of the molecule is Cc1cc2[nH]c(Nc3cc(C(C)N4CCN(C(=O)OC(C)(C)C)CC4)ccn3)nc2cc1-c1cnn(CC2CC2(F)F)c1. The van der Waals surface area contributed by atoms with Crippen LogP contribution in [0.15, 0.2) is 42.9 Å². The maximum atomic E-state index is 13.4. The number of carbonyl (C=O) groups is 1. The van der Waals surface area contributed by atoms with E-state index >= 15 is 0 Å². The van der Waals surface area contributed by atoms with Gasteiger partial charge in [-0.3, -0.25) is 9.58 Å². The summed E-state index contributed by atoms with van der Waals surface area (Å²) in [4.78, 5) is 29.1. The molecule has 2 fully saturated rings. The first kappa shape index (κ1) is 29.0. The molecular weight excluding hydrogens is 554 g/mol. The minimum absolute atomic E-state index is 0.0697. The van der Waals surface area contributed by atoms with Gasteiger partial charge in [0.2, 0.25) is 5.95 Å². The lowest BCUT2D eigenvalue weighted by atomic mass is 10.0. The molecule has 3 aromatic heterocycles. The molecule has 4 aromatic rings. The van der Waals surface area contributed by atoms with E-state index in [-0.39, 0.29) is 25.1 Å². The number of carbonyl (C=O) groups excluding carboxylic acids is 1. The fourth-order valence-electron chi connectivity index (χ4n) is 5.56. The fraction of sp³-hybridized carbons (Fsp3) is 0.484. The van der Waals surface area contributed by atoms with Crippen LogP contribution >= 0.6 is 0 Å². The Bertz CT molecular complexity index is 1630. The average molecular weight is 593 g/mol. The van der Waals surface area contributed by atoms with Crippen LogP contribution < -0.4 is 5.32 Å². The third-order valence-corrected chi connectivity index (χ3v) is 8.16. The number of fused-ring (bicyclic) bond motifs is 1. The van der Waals surface area contributed by atoms with Gasteiger partial charge in [-0.1, -0.05) is 0 Å². The van der Waals surface area contributed by atoms with E-state index in [1.54, 1.807) is 22.0 Å². The predicted molar refractivity (Wildman–Crippen MR) is 160 cm³/mol. The molecule has 1 aliphatic carbocycles. The topological polar surface area (TPSA) is 104 Å². The summed E-state index contributed by atoms with van der Waals surface area (Å²) in [5.74, 6) is -1.95. The van der Waals surface area contributed by atoms with Crippen LogP contribution in [0.2, 0.25) is 0 Å². The van der Waals surface area contributed by atoms with E-state index in [0.717, 1.165) is 46.4 Å². The number of hydrogen-bond donors (Lipinski definition) is 2. The molecule has 1 saturated carbocycles. The van der Waals surface area contributed by atoms with Gasteiger partial charge in [-0.25, -0.2) is 23.5 Å². The summed E-state index contributed by atoms with van der Waals surface area (Å²) in [6.45, 7) is 12.8. The molecule has 2 aliphatic rings. The summed E-state index contributed by atoms with van der Waals surface area (Å²) < 4.78 is 33.8. The molecule has 2 unspecified atom stereocenters. The lowest BCUT2D eigenvalue weighted by Gasteiger charge is -2.38. The van der Waals surface area contributed by atoms with Crippen LogP contribution in [0.5, 0.6) is 0 Å². The van der Waals surface area contributed by atoms with Gasteiger partial charge in [0.25, 0.3) is 5.92 Å². The number of halogens is 2. The van der Waals surface area contributed by atoms with Gasteiger partial charge in [-0.05, 0) is 75.6 Å². The number of rotatable bonds is 7. The van der Waals surface area contributed by atoms with E-state index in [1.807, 2.05) is 58.2 Å². The van der Waals surface area contributed by atoms with Crippen molar-refractivity contribution in [2.24, 2.45) is 5.92 Å². The highest BCUT2D eigenvalue weighted by molar-refractivity contribution is 5.85. The van der Waals surface area contributed by atoms with Crippen LogP contribution in [-0.4, -0.2) is 78.3 Å². The molecule has 43 heavy (non-hydrogen) atoms. The second-order valence-corrected chi connectivity index (χ2v) is 12.7. The Morgan fingerprint density at radius 2 is 1.95 bits per heavy atom. The summed E-state index contributed by atoms with van der Waals surface area (Å²) in [7, 11) is 0. The number of anilines is 2. The van der Waals surface area contributed by atoms with Gasteiger partial charge in [0, 0.05) is 69.1 Å². The van der Waals surface area contributed by atoms with Crippen molar-refractivity contribution in [1.82, 2.24) is 34.5 Å². The highest BCUT2D eigenvalue weighted by atomic mass is 19.3. The van der Waals surface area contributed by atoms with Crippen molar-refractivity contribution >= 4 is 28.9 Å². The lowest BCUT2D eigenvalue weighted by Crippen LogP contribution is -2.50. The number of alkyl halides is 2. The first-order valence-corrected chi connectivity index (χ1v) is 14.7. The number of ether oxygens (including phenoxy) is 1. The molecule has 1 aromatic carbocycles. The molecule has 4 heterocycles. The average Bonchev–Trinajstić information content (AvgIpc) is 3.25. The van der Waals surface area contributed by atoms with Gasteiger partial charge in [0.1, 0.15) is 11.4 Å². The van der Waals surface area contributed by atoms with E-state index in [4.69, 9.17) is 9.72 Å². The van der Waals surface area contributed by atoms with E-state index in [0.29, 0.717) is 24.9 Å². The van der Waals surface area contributed by atoms with Gasteiger partial charge in [0.15, 0.2) is 0 Å². The molecular formula is C31H38F2N8O2. The number of aryl methyl sites for hydroxylation is 1. The highest BCUT2D eigenvalue weighted by Gasteiger charge is 2.56. The Kier molecular flexibility index (Phi) is 7.35. The van der Waals surface area contributed by atoms with E-state index in [2.05, 4.69) is 32.2 Å². The van der Waals surface area contributed by atoms with Crippen molar-refractivity contribution in [3.8, 4) is 11.1 Å². The van der Waals surface area contributed by atoms with Gasteiger partial charge in [0.05, 0.1) is 17.2 Å². The third kappa shape index (κ3) is 6.48. The monoisotopic (exact) mass is 592 g/mol. The van der Waals surface area contributed by atoms with Crippen LogP contribution in [0.4, 0.5) is 25.3 Å². The molecule has 2 N–H and O–H groups in total. The number of benzene rings is 1. The van der Waals surface area contributed by atoms with Crippen LogP contribution in [0.3, 0.4) is 0 Å². The van der Waals surface area contributed by atoms with Crippen molar-refractivity contribution in [2.75, 3.05) is 31.5 Å². The molecule has 0 spiro atoms. The number of pyridine rings is 1. The molecule has 1 aliphatic heterocycles. The van der Waals surface area contributed by atoms with Gasteiger partial charge in [-0.2, -0.15) is 5.10 Å². The molecule has 0 radical (unpaired) electrons. The second kappa shape index (κ2) is 10.9. The van der Waals surface area contributed by atoms with Gasteiger partial charge < -0.3 is 19.9 Å². The molecule has 6 rings (SSSR count). The number of nitrogens with one attached hydrogen (secondary N) is 2. The Hall–Kier alpha value is -4.06. The van der Waals surface area contributed by atoms with E-state index in [9.17, 15) is 13.6 Å². The Morgan fingerprint density at radius 3 is 2.65 bits per heavy atom. The quantitative estimate of drug-likeness (QED) is 0.266. The molecule has 12 heteroatoms. The molecule has 0 bridgehead atoms. The molecule has 1 saturated heterocycles. The summed E-state index contributed by atoms with van der Waals surface area (Å²) in [5, 5.41) is 7.61. The van der Waals surface area contributed by atoms with Gasteiger partial charge in [-0.15, -0.1) is 0 Å². The maximum absolute atomic E-state index is 13.4. The highest BCUT2D eigenvalue weighted by Crippen LogP contribution is 2.49. The zero-order valence-electron chi connectivity index (χ0n) is 25.2. The van der Waals surface area contributed by atoms with Crippen LogP contribution in [0.1, 0.15) is 51.3 Å². The number of aromatic nitrogens is 5. The number of nitrogens with zero attached hydrogens (tertiary/aromatic N) is 6. The summed E-state index contributed by atoms with van der Waals surface area (Å²) >= 11 is 0. The second-order valence-electron chi connectivity index (χ2n) is 12.7. The third-order valence-electron chi connectivity index (χ3n) is 8.16. The number of imidazole rings is 1. The summed E-state index contributed by atoms with van der Waals surface area (Å²) in [6.07, 6.45) is 4.99. The van der Waals surface area contributed by atoms with Crippen molar-refractivity contribution in [1.29, 1.82) is 0 Å². The van der Waals surface area contributed by atoms with E-state index in [1.165, 1.54) is 0 Å². The van der Waals surface area contributed by atoms with E-state index < -0.39 is 17.4 Å². The number of amides is 1. The van der Waals surface area contributed by atoms with Crippen LogP contribution in [-0.2, 0) is 11.3 Å². The molecule has 1 amide bonds. The summed E-state index contributed by atoms with van der Waals surface area (Å²) in [5.41, 5.74) is 5.11. The first-order chi connectivity index (χ1) is 20.3. The Morgan fingerprint density at radius 1 is 1.21 bits per heavy atom. The normalized spacial score (nSPS) is 19.4. The fourth-order valence-corrected chi connectivity index (χ4v) is 5.56. The molecule has 228 valence electrons. The number of piperazine rings is 1. The maximum Gasteiger partial charge on any atom is 0.410 e.